The fourth-order valence-electron chi connectivity index (χ4n) is 2.23. The standard InChI is InChI=1S/C14H27N3O4/c1-4-15(5-2)14(19)17-8-6-16(7-9-17)13(18)12-21-11-10-20-3/h4-12H2,1-3H3. The highest BCUT2D eigenvalue weighted by molar-refractivity contribution is 5.78. The van der Waals surface area contributed by atoms with E-state index in [-0.39, 0.29) is 18.5 Å². The molecule has 1 rings (SSSR count). The number of ether oxygens (including phenoxy) is 2. The van der Waals surface area contributed by atoms with Crippen LogP contribution in [-0.2, 0) is 14.3 Å². The maximum absolute atomic E-state index is 12.2. The zero-order valence-electron chi connectivity index (χ0n) is 13.3. The van der Waals surface area contributed by atoms with E-state index in [1.807, 2.05) is 18.7 Å². The average molecular weight is 301 g/mol. The Hall–Kier alpha value is -1.34. The van der Waals surface area contributed by atoms with Gasteiger partial charge in [-0.1, -0.05) is 0 Å². The molecule has 0 unspecified atom stereocenters. The number of carbonyl (C=O) groups excluding carboxylic acids is 2. The van der Waals surface area contributed by atoms with Gasteiger partial charge in [0.1, 0.15) is 6.61 Å². The van der Waals surface area contributed by atoms with Crippen LogP contribution < -0.4 is 0 Å². The van der Waals surface area contributed by atoms with Crippen LogP contribution in [0.5, 0.6) is 0 Å². The predicted octanol–water partition coefficient (Wildman–Crippen LogP) is 0.255. The molecule has 0 aromatic carbocycles. The normalized spacial score (nSPS) is 15.2. The number of nitrogens with zero attached hydrogens (tertiary/aromatic N) is 3. The summed E-state index contributed by atoms with van der Waals surface area (Å²) in [6.07, 6.45) is 0. The van der Waals surface area contributed by atoms with Crippen molar-refractivity contribution in [3.63, 3.8) is 0 Å². The fraction of sp³-hybridized carbons (Fsp3) is 0.857. The predicted molar refractivity (Wildman–Crippen MR) is 79.2 cm³/mol. The van der Waals surface area contributed by atoms with Gasteiger partial charge in [-0.3, -0.25) is 4.79 Å². The van der Waals surface area contributed by atoms with Crippen molar-refractivity contribution in [3.05, 3.63) is 0 Å². The van der Waals surface area contributed by atoms with Gasteiger partial charge in [-0.05, 0) is 13.8 Å². The Bertz CT molecular complexity index is 326. The number of carbonyl (C=O) groups is 2. The Morgan fingerprint density at radius 2 is 1.57 bits per heavy atom. The van der Waals surface area contributed by atoms with E-state index in [2.05, 4.69) is 0 Å². The number of rotatable bonds is 7. The van der Waals surface area contributed by atoms with Gasteiger partial charge in [0.25, 0.3) is 0 Å². The molecule has 0 aromatic heterocycles. The summed E-state index contributed by atoms with van der Waals surface area (Å²) >= 11 is 0. The number of methoxy groups -OCH3 is 1. The second-order valence-electron chi connectivity index (χ2n) is 4.87. The van der Waals surface area contributed by atoms with Crippen molar-refractivity contribution in [2.24, 2.45) is 0 Å². The molecule has 1 aliphatic rings. The lowest BCUT2D eigenvalue weighted by molar-refractivity contribution is -0.138. The quantitative estimate of drug-likeness (QED) is 0.633. The third kappa shape index (κ3) is 5.51. The summed E-state index contributed by atoms with van der Waals surface area (Å²) in [5.74, 6) is -0.0268. The number of amides is 3. The Morgan fingerprint density at radius 3 is 2.10 bits per heavy atom. The van der Waals surface area contributed by atoms with Crippen LogP contribution in [0.4, 0.5) is 4.79 Å². The highest BCUT2D eigenvalue weighted by atomic mass is 16.5. The van der Waals surface area contributed by atoms with E-state index in [1.54, 1.807) is 16.9 Å². The molecule has 7 nitrogen and oxygen atoms in total. The summed E-state index contributed by atoms with van der Waals surface area (Å²) < 4.78 is 10.1. The van der Waals surface area contributed by atoms with Gasteiger partial charge in [0.2, 0.25) is 5.91 Å². The van der Waals surface area contributed by atoms with Gasteiger partial charge in [-0.15, -0.1) is 0 Å². The Labute approximate surface area is 126 Å². The topological polar surface area (TPSA) is 62.3 Å². The van der Waals surface area contributed by atoms with E-state index < -0.39 is 0 Å². The van der Waals surface area contributed by atoms with Crippen molar-refractivity contribution in [2.75, 3.05) is 66.2 Å². The van der Waals surface area contributed by atoms with Crippen LogP contribution in [0.3, 0.4) is 0 Å². The van der Waals surface area contributed by atoms with Crippen molar-refractivity contribution in [2.45, 2.75) is 13.8 Å². The molecule has 0 aliphatic carbocycles. The molecule has 0 radical (unpaired) electrons. The monoisotopic (exact) mass is 301 g/mol. The molecule has 1 aliphatic heterocycles. The van der Waals surface area contributed by atoms with E-state index in [0.717, 1.165) is 0 Å². The summed E-state index contributed by atoms with van der Waals surface area (Å²) in [6, 6.07) is 0.0587. The van der Waals surface area contributed by atoms with Crippen LogP contribution in [0.25, 0.3) is 0 Å². The van der Waals surface area contributed by atoms with Crippen molar-refractivity contribution < 1.29 is 19.1 Å². The number of hydrogen-bond acceptors (Lipinski definition) is 4. The Morgan fingerprint density at radius 1 is 1.00 bits per heavy atom. The summed E-state index contributed by atoms with van der Waals surface area (Å²) in [5.41, 5.74) is 0. The molecule has 122 valence electrons. The van der Waals surface area contributed by atoms with Gasteiger partial charge in [-0.2, -0.15) is 0 Å². The summed E-state index contributed by atoms with van der Waals surface area (Å²) in [7, 11) is 1.59. The van der Waals surface area contributed by atoms with Crippen molar-refractivity contribution in [1.29, 1.82) is 0 Å². The number of piperazine rings is 1. The molecule has 1 heterocycles. The van der Waals surface area contributed by atoms with E-state index in [1.165, 1.54) is 0 Å². The van der Waals surface area contributed by atoms with Gasteiger partial charge in [0, 0.05) is 46.4 Å². The third-order valence-electron chi connectivity index (χ3n) is 3.59. The van der Waals surface area contributed by atoms with E-state index in [4.69, 9.17) is 9.47 Å². The van der Waals surface area contributed by atoms with Crippen molar-refractivity contribution in [1.82, 2.24) is 14.7 Å². The highest BCUT2D eigenvalue weighted by Crippen LogP contribution is 2.06. The van der Waals surface area contributed by atoms with Gasteiger partial charge in [0.05, 0.1) is 13.2 Å². The summed E-state index contributed by atoms with van der Waals surface area (Å²) in [5, 5.41) is 0. The number of urea groups is 1. The van der Waals surface area contributed by atoms with Gasteiger partial charge in [-0.25, -0.2) is 4.79 Å². The minimum absolute atomic E-state index is 0.0268. The first-order valence-corrected chi connectivity index (χ1v) is 7.52. The molecule has 7 heteroatoms. The SMILES string of the molecule is CCN(CC)C(=O)N1CCN(C(=O)COCCOC)CC1. The second-order valence-corrected chi connectivity index (χ2v) is 4.87. The van der Waals surface area contributed by atoms with E-state index in [9.17, 15) is 9.59 Å². The molecular formula is C14H27N3O4. The molecule has 1 fully saturated rings. The van der Waals surface area contributed by atoms with Gasteiger partial charge < -0.3 is 24.2 Å². The molecule has 0 N–H and O–H groups in total. The first kappa shape index (κ1) is 17.7. The third-order valence-corrected chi connectivity index (χ3v) is 3.59. The molecule has 0 spiro atoms. The largest absolute Gasteiger partial charge is 0.382 e. The molecule has 0 atom stereocenters. The Kier molecular flexibility index (Phi) is 8.07. The second kappa shape index (κ2) is 9.57. The zero-order chi connectivity index (χ0) is 15.7. The number of hydrogen-bond donors (Lipinski definition) is 0. The van der Waals surface area contributed by atoms with E-state index >= 15 is 0 Å². The van der Waals surface area contributed by atoms with Crippen LogP contribution in [0, 0.1) is 0 Å². The molecule has 1 saturated heterocycles. The fourth-order valence-corrected chi connectivity index (χ4v) is 2.23. The maximum atomic E-state index is 12.2. The average Bonchev–Trinajstić information content (AvgIpc) is 2.52. The molecule has 0 aromatic rings. The molecular weight excluding hydrogens is 274 g/mol. The molecule has 21 heavy (non-hydrogen) atoms. The van der Waals surface area contributed by atoms with Crippen molar-refractivity contribution >= 4 is 11.9 Å². The van der Waals surface area contributed by atoms with Crippen LogP contribution in [0.15, 0.2) is 0 Å². The van der Waals surface area contributed by atoms with Gasteiger partial charge >= 0.3 is 6.03 Å². The smallest absolute Gasteiger partial charge is 0.320 e. The maximum Gasteiger partial charge on any atom is 0.320 e. The lowest BCUT2D eigenvalue weighted by Crippen LogP contribution is -2.54. The molecule has 0 bridgehead atoms. The minimum Gasteiger partial charge on any atom is -0.382 e. The highest BCUT2D eigenvalue weighted by Gasteiger charge is 2.25. The summed E-state index contributed by atoms with van der Waals surface area (Å²) in [4.78, 5) is 29.5. The first-order chi connectivity index (χ1) is 10.1. The Balaban J connectivity index is 2.31. The lowest BCUT2D eigenvalue weighted by atomic mass is 10.3. The molecule has 0 saturated carbocycles. The van der Waals surface area contributed by atoms with Crippen LogP contribution in [-0.4, -0.2) is 92.8 Å². The van der Waals surface area contributed by atoms with Crippen LogP contribution >= 0.6 is 0 Å². The minimum atomic E-state index is -0.0268. The summed E-state index contributed by atoms with van der Waals surface area (Å²) in [6.45, 7) is 8.65. The van der Waals surface area contributed by atoms with E-state index in [0.29, 0.717) is 52.5 Å². The zero-order valence-corrected chi connectivity index (χ0v) is 13.3. The molecule has 3 amide bonds. The first-order valence-electron chi connectivity index (χ1n) is 7.52. The van der Waals surface area contributed by atoms with Crippen LogP contribution in [0.2, 0.25) is 0 Å². The van der Waals surface area contributed by atoms with Gasteiger partial charge in [0.15, 0.2) is 0 Å². The lowest BCUT2D eigenvalue weighted by Gasteiger charge is -2.37. The van der Waals surface area contributed by atoms with Crippen molar-refractivity contribution in [3.8, 4) is 0 Å². The van der Waals surface area contributed by atoms with Crippen LogP contribution in [0.1, 0.15) is 13.8 Å².